The van der Waals surface area contributed by atoms with Crippen molar-refractivity contribution >= 4 is 39.0 Å². The highest BCUT2D eigenvalue weighted by Gasteiger charge is 2.13. The van der Waals surface area contributed by atoms with E-state index in [4.69, 9.17) is 5.73 Å². The summed E-state index contributed by atoms with van der Waals surface area (Å²) in [6.07, 6.45) is 2.25. The lowest BCUT2D eigenvalue weighted by molar-refractivity contribution is -0.130. The molecule has 0 spiro atoms. The van der Waals surface area contributed by atoms with Gasteiger partial charge < -0.3 is 16.0 Å². The monoisotopic (exact) mass is 358 g/mol. The van der Waals surface area contributed by atoms with E-state index in [-0.39, 0.29) is 5.91 Å². The van der Waals surface area contributed by atoms with E-state index in [9.17, 15) is 4.79 Å². The topological polar surface area (TPSA) is 99.9 Å². The number of aromatic amines is 1. The number of carbonyl (C=O) groups is 1. The van der Waals surface area contributed by atoms with Crippen molar-refractivity contribution < 1.29 is 4.79 Å². The van der Waals surface area contributed by atoms with Gasteiger partial charge in [0.2, 0.25) is 5.91 Å². The van der Waals surface area contributed by atoms with Gasteiger partial charge in [0.1, 0.15) is 5.82 Å². The Kier molecular flexibility index (Phi) is 5.18. The number of rotatable bonds is 7. The molecule has 0 aliphatic carbocycles. The summed E-state index contributed by atoms with van der Waals surface area (Å²) in [4.78, 5) is 19.2. The number of pyridine rings is 1. The molecule has 132 valence electrons. The van der Waals surface area contributed by atoms with Crippen LogP contribution in [0.2, 0.25) is 0 Å². The highest BCUT2D eigenvalue weighted by Crippen LogP contribution is 2.36. The van der Waals surface area contributed by atoms with Gasteiger partial charge in [-0.2, -0.15) is 5.10 Å². The Labute approximate surface area is 150 Å². The minimum Gasteiger partial charge on any atom is -0.384 e. The van der Waals surface area contributed by atoms with Gasteiger partial charge in [0.25, 0.3) is 0 Å². The zero-order chi connectivity index (χ0) is 17.8. The largest absolute Gasteiger partial charge is 0.384 e. The normalized spacial score (nSPS) is 11.0. The molecule has 0 saturated carbocycles. The first-order chi connectivity index (χ1) is 12.1. The molecule has 3 aromatic heterocycles. The van der Waals surface area contributed by atoms with Crippen LogP contribution < -0.4 is 11.1 Å². The Morgan fingerprint density at radius 3 is 2.92 bits per heavy atom. The highest BCUT2D eigenvalue weighted by molar-refractivity contribution is 7.22. The van der Waals surface area contributed by atoms with E-state index in [1.54, 1.807) is 17.5 Å². The number of nitrogens with one attached hydrogen (secondary N) is 2. The Morgan fingerprint density at radius 2 is 2.24 bits per heavy atom. The van der Waals surface area contributed by atoms with Crippen LogP contribution in [-0.2, 0) is 4.79 Å². The van der Waals surface area contributed by atoms with Crippen molar-refractivity contribution in [3.63, 3.8) is 0 Å². The van der Waals surface area contributed by atoms with Crippen LogP contribution in [-0.4, -0.2) is 45.6 Å². The second kappa shape index (κ2) is 7.52. The average molecular weight is 358 g/mol. The molecule has 1 amide bonds. The van der Waals surface area contributed by atoms with Crippen molar-refractivity contribution in [3.05, 3.63) is 24.4 Å². The van der Waals surface area contributed by atoms with Gasteiger partial charge in [-0.1, -0.05) is 6.92 Å². The van der Waals surface area contributed by atoms with E-state index in [1.165, 1.54) is 0 Å². The molecule has 8 heteroatoms. The number of hydrogen-bond donors (Lipinski definition) is 3. The summed E-state index contributed by atoms with van der Waals surface area (Å²) in [7, 11) is 0. The van der Waals surface area contributed by atoms with E-state index >= 15 is 0 Å². The molecule has 3 aromatic rings. The maximum atomic E-state index is 11.8. The maximum Gasteiger partial charge on any atom is 0.222 e. The van der Waals surface area contributed by atoms with Crippen LogP contribution in [0.1, 0.15) is 20.3 Å². The third kappa shape index (κ3) is 3.74. The first kappa shape index (κ1) is 17.2. The molecule has 0 aromatic carbocycles. The fourth-order valence-electron chi connectivity index (χ4n) is 2.71. The van der Waals surface area contributed by atoms with Crippen molar-refractivity contribution in [3.8, 4) is 10.6 Å². The zero-order valence-electron chi connectivity index (χ0n) is 14.4. The predicted octanol–water partition coefficient (Wildman–Crippen LogP) is 2.94. The number of H-pyrrole nitrogens is 1. The summed E-state index contributed by atoms with van der Waals surface area (Å²) in [5, 5.41) is 10.4. The fraction of sp³-hybridized carbons (Fsp3) is 0.353. The van der Waals surface area contributed by atoms with E-state index in [1.807, 2.05) is 36.9 Å². The number of nitrogens with zero attached hydrogens (tertiary/aromatic N) is 3. The molecule has 0 aliphatic rings. The molecule has 0 radical (unpaired) electrons. The lowest BCUT2D eigenvalue weighted by Crippen LogP contribution is -2.34. The molecule has 0 saturated heterocycles. The van der Waals surface area contributed by atoms with Crippen molar-refractivity contribution in [2.75, 3.05) is 30.7 Å². The van der Waals surface area contributed by atoms with Gasteiger partial charge >= 0.3 is 0 Å². The molecule has 0 atom stereocenters. The van der Waals surface area contributed by atoms with Crippen molar-refractivity contribution in [1.82, 2.24) is 20.1 Å². The van der Waals surface area contributed by atoms with Gasteiger partial charge in [-0.3, -0.25) is 9.89 Å². The smallest absolute Gasteiger partial charge is 0.222 e. The van der Waals surface area contributed by atoms with Gasteiger partial charge in [0, 0.05) is 38.3 Å². The fourth-order valence-corrected chi connectivity index (χ4v) is 3.77. The number of carbonyl (C=O) groups excluding carboxylic acids is 1. The van der Waals surface area contributed by atoms with Crippen LogP contribution in [0.3, 0.4) is 0 Å². The molecular formula is C17H22N6OS. The number of fused-ring (bicyclic) bond motifs is 1. The van der Waals surface area contributed by atoms with Gasteiger partial charge in [0.05, 0.1) is 26.5 Å². The zero-order valence-corrected chi connectivity index (χ0v) is 15.2. The van der Waals surface area contributed by atoms with Gasteiger partial charge in [-0.15, -0.1) is 11.3 Å². The number of aromatic nitrogens is 3. The lowest BCUT2D eigenvalue weighted by Gasteiger charge is -2.20. The average Bonchev–Trinajstić information content (AvgIpc) is 3.26. The van der Waals surface area contributed by atoms with Crippen LogP contribution in [0.4, 0.5) is 11.5 Å². The Morgan fingerprint density at radius 1 is 1.40 bits per heavy atom. The molecule has 0 unspecified atom stereocenters. The van der Waals surface area contributed by atoms with E-state index < -0.39 is 0 Å². The minimum absolute atomic E-state index is 0.168. The lowest BCUT2D eigenvalue weighted by atomic mass is 10.3. The predicted molar refractivity (Wildman–Crippen MR) is 103 cm³/mol. The molecule has 0 bridgehead atoms. The van der Waals surface area contributed by atoms with Crippen molar-refractivity contribution in [1.29, 1.82) is 0 Å². The Balaban J connectivity index is 1.80. The number of thiophene rings is 1. The molecule has 25 heavy (non-hydrogen) atoms. The van der Waals surface area contributed by atoms with E-state index in [2.05, 4.69) is 20.5 Å². The summed E-state index contributed by atoms with van der Waals surface area (Å²) < 4.78 is 1.05. The second-order valence-electron chi connectivity index (χ2n) is 5.64. The van der Waals surface area contributed by atoms with Crippen LogP contribution in [0, 0.1) is 0 Å². The number of amides is 1. The third-order valence-electron chi connectivity index (χ3n) is 4.00. The molecule has 3 heterocycles. The van der Waals surface area contributed by atoms with Crippen molar-refractivity contribution in [2.45, 2.75) is 20.3 Å². The Hall–Kier alpha value is -2.61. The maximum absolute atomic E-state index is 11.8. The Bertz CT molecular complexity index is 858. The first-order valence-electron chi connectivity index (χ1n) is 8.33. The van der Waals surface area contributed by atoms with E-state index in [0.29, 0.717) is 31.9 Å². The molecule has 7 nitrogen and oxygen atoms in total. The summed E-state index contributed by atoms with van der Waals surface area (Å²) in [5.41, 5.74) is 8.70. The first-order valence-corrected chi connectivity index (χ1v) is 9.15. The van der Waals surface area contributed by atoms with Crippen LogP contribution >= 0.6 is 11.3 Å². The molecular weight excluding hydrogens is 336 g/mol. The summed E-state index contributed by atoms with van der Waals surface area (Å²) in [5.74, 6) is 0.641. The van der Waals surface area contributed by atoms with Gasteiger partial charge in [0.15, 0.2) is 0 Å². The SMILES string of the molecule is CCC(=O)N(CC)CCNc1cc(N)nc2cc(-c3ccn[nH]3)sc12. The van der Waals surface area contributed by atoms with Crippen LogP contribution in [0.25, 0.3) is 20.8 Å². The highest BCUT2D eigenvalue weighted by atomic mass is 32.1. The summed E-state index contributed by atoms with van der Waals surface area (Å²) >= 11 is 1.63. The summed E-state index contributed by atoms with van der Waals surface area (Å²) in [6.45, 7) is 5.91. The number of nitrogen functional groups attached to an aromatic ring is 1. The number of hydrogen-bond acceptors (Lipinski definition) is 6. The molecule has 0 aliphatic heterocycles. The van der Waals surface area contributed by atoms with Crippen LogP contribution in [0.15, 0.2) is 24.4 Å². The number of anilines is 2. The standard InChI is InChI=1S/C17H22N6OS/c1-3-16(24)23(4-2)8-7-19-12-10-15(18)21-13-9-14(25-17(12)13)11-5-6-20-22-11/h5-6,9-10H,3-4,7-8H2,1-2H3,(H,20,22)(H3,18,19,21). The van der Waals surface area contributed by atoms with Crippen LogP contribution in [0.5, 0.6) is 0 Å². The molecule has 3 rings (SSSR count). The third-order valence-corrected chi connectivity index (χ3v) is 5.19. The van der Waals surface area contributed by atoms with Gasteiger partial charge in [-0.05, 0) is 19.1 Å². The minimum atomic E-state index is 0.168. The quantitative estimate of drug-likeness (QED) is 0.603. The number of nitrogens with two attached hydrogens (primary N) is 1. The second-order valence-corrected chi connectivity index (χ2v) is 6.70. The number of likely N-dealkylation sites (N-methyl/N-ethyl adjacent to an activating group) is 1. The van der Waals surface area contributed by atoms with Crippen molar-refractivity contribution in [2.24, 2.45) is 0 Å². The summed E-state index contributed by atoms with van der Waals surface area (Å²) in [6, 6.07) is 5.78. The van der Waals surface area contributed by atoms with Gasteiger partial charge in [-0.25, -0.2) is 4.98 Å². The van der Waals surface area contributed by atoms with E-state index in [0.717, 1.165) is 26.5 Å². The molecule has 0 fully saturated rings. The molecule has 4 N–H and O–H groups in total.